The van der Waals surface area contributed by atoms with Gasteiger partial charge in [0, 0.05) is 38.6 Å². The van der Waals surface area contributed by atoms with Gasteiger partial charge >= 0.3 is 0 Å². The van der Waals surface area contributed by atoms with E-state index in [2.05, 4.69) is 25.3 Å². The van der Waals surface area contributed by atoms with Gasteiger partial charge in [-0.3, -0.25) is 10.2 Å². The molecule has 1 aliphatic heterocycles. The second-order valence-corrected chi connectivity index (χ2v) is 8.66. The van der Waals surface area contributed by atoms with Crippen LogP contribution < -0.4 is 10.3 Å². The number of piperazine rings is 1. The smallest absolute Gasteiger partial charge is 0.240 e. The Bertz CT molecular complexity index is 605. The standard InChI is InChI=1S/C19H27N5O/c25-17(19-11-14-8-15(12-19)10-16(9-14)13-19)22-24-6-4-23(5-7-24)18-20-2-1-3-21-18/h1-3,14-16H,4-13H2,(H,22,25). The van der Waals surface area contributed by atoms with Gasteiger partial charge in [-0.05, 0) is 62.3 Å². The van der Waals surface area contributed by atoms with Crippen LogP contribution in [0.15, 0.2) is 18.5 Å². The summed E-state index contributed by atoms with van der Waals surface area (Å²) in [6.07, 6.45) is 11.1. The highest BCUT2D eigenvalue weighted by molar-refractivity contribution is 5.82. The first kappa shape index (κ1) is 15.6. The third kappa shape index (κ3) is 2.80. The van der Waals surface area contributed by atoms with Crippen LogP contribution in [0, 0.1) is 23.2 Å². The molecule has 6 rings (SSSR count). The van der Waals surface area contributed by atoms with Crippen LogP contribution in [0.25, 0.3) is 0 Å². The minimum atomic E-state index is -0.0611. The second kappa shape index (κ2) is 5.94. The number of aromatic nitrogens is 2. The predicted molar refractivity (Wildman–Crippen MR) is 94.6 cm³/mol. The highest BCUT2D eigenvalue weighted by Gasteiger charge is 2.54. The zero-order chi connectivity index (χ0) is 16.9. The van der Waals surface area contributed by atoms with Gasteiger partial charge in [-0.15, -0.1) is 0 Å². The molecule has 0 radical (unpaired) electrons. The van der Waals surface area contributed by atoms with Gasteiger partial charge in [-0.2, -0.15) is 0 Å². The fourth-order valence-corrected chi connectivity index (χ4v) is 6.12. The highest BCUT2D eigenvalue weighted by Crippen LogP contribution is 2.60. The normalized spacial score (nSPS) is 37.3. The Kier molecular flexibility index (Phi) is 3.69. The van der Waals surface area contributed by atoms with Crippen molar-refractivity contribution >= 4 is 11.9 Å². The van der Waals surface area contributed by atoms with Crippen LogP contribution in [0.1, 0.15) is 38.5 Å². The summed E-state index contributed by atoms with van der Waals surface area (Å²) in [5, 5.41) is 2.11. The number of carbonyl (C=O) groups is 1. The van der Waals surface area contributed by atoms with Gasteiger partial charge < -0.3 is 4.90 Å². The molecule has 1 aromatic heterocycles. The number of rotatable bonds is 3. The van der Waals surface area contributed by atoms with E-state index in [9.17, 15) is 4.79 Å². The molecule has 5 aliphatic rings. The van der Waals surface area contributed by atoms with E-state index in [0.717, 1.165) is 69.1 Å². The first-order chi connectivity index (χ1) is 12.2. The first-order valence-electron chi connectivity index (χ1n) is 9.78. The lowest BCUT2D eigenvalue weighted by Crippen LogP contribution is -2.60. The maximum atomic E-state index is 13.1. The number of anilines is 1. The summed E-state index contributed by atoms with van der Waals surface area (Å²) in [7, 11) is 0. The molecule has 6 nitrogen and oxygen atoms in total. The van der Waals surface area contributed by atoms with Gasteiger partial charge in [0.1, 0.15) is 0 Å². The van der Waals surface area contributed by atoms with Crippen LogP contribution in [0.4, 0.5) is 5.95 Å². The minimum absolute atomic E-state index is 0.0611. The van der Waals surface area contributed by atoms with Gasteiger partial charge in [0.15, 0.2) is 0 Å². The molecule has 134 valence electrons. The molecule has 4 bridgehead atoms. The molecule has 0 atom stereocenters. The molecule has 1 saturated heterocycles. The lowest BCUT2D eigenvalue weighted by Gasteiger charge is -2.56. The van der Waals surface area contributed by atoms with Gasteiger partial charge in [-0.1, -0.05) is 0 Å². The number of amides is 1. The third-order valence-corrected chi connectivity index (χ3v) is 6.89. The Hall–Kier alpha value is -1.69. The Labute approximate surface area is 149 Å². The molecule has 25 heavy (non-hydrogen) atoms. The second-order valence-electron chi connectivity index (χ2n) is 8.66. The minimum Gasteiger partial charge on any atom is -0.338 e. The summed E-state index contributed by atoms with van der Waals surface area (Å²) in [6.45, 7) is 3.36. The molecular formula is C19H27N5O. The number of nitrogens with zero attached hydrogens (tertiary/aromatic N) is 4. The van der Waals surface area contributed by atoms with E-state index in [0.29, 0.717) is 5.91 Å². The van der Waals surface area contributed by atoms with Crippen LogP contribution >= 0.6 is 0 Å². The number of hydrogen-bond acceptors (Lipinski definition) is 5. The predicted octanol–water partition coefficient (Wildman–Crippen LogP) is 1.85. The maximum Gasteiger partial charge on any atom is 0.240 e. The number of hydrogen-bond donors (Lipinski definition) is 1. The van der Waals surface area contributed by atoms with E-state index in [1.807, 2.05) is 6.07 Å². The quantitative estimate of drug-likeness (QED) is 0.909. The zero-order valence-corrected chi connectivity index (χ0v) is 14.7. The molecule has 6 heteroatoms. The number of carbonyl (C=O) groups excluding carboxylic acids is 1. The van der Waals surface area contributed by atoms with Gasteiger partial charge in [-0.25, -0.2) is 15.0 Å². The van der Waals surface area contributed by atoms with Gasteiger partial charge in [0.25, 0.3) is 0 Å². The Morgan fingerprint density at radius 2 is 1.52 bits per heavy atom. The summed E-state index contributed by atoms with van der Waals surface area (Å²) in [4.78, 5) is 24.0. The Morgan fingerprint density at radius 1 is 0.960 bits per heavy atom. The molecule has 0 unspecified atom stereocenters. The average molecular weight is 341 g/mol. The SMILES string of the molecule is O=C(NN1CCN(c2ncccn2)CC1)C12CC3CC(CC(C3)C1)C2. The molecule has 2 heterocycles. The molecule has 4 saturated carbocycles. The van der Waals surface area contributed by atoms with Crippen molar-refractivity contribution in [3.05, 3.63) is 18.5 Å². The lowest BCUT2D eigenvalue weighted by atomic mass is 9.49. The van der Waals surface area contributed by atoms with Crippen molar-refractivity contribution in [3.63, 3.8) is 0 Å². The van der Waals surface area contributed by atoms with E-state index in [-0.39, 0.29) is 5.41 Å². The van der Waals surface area contributed by atoms with Crippen molar-refractivity contribution in [3.8, 4) is 0 Å². The van der Waals surface area contributed by atoms with Crippen molar-refractivity contribution in [2.75, 3.05) is 31.1 Å². The van der Waals surface area contributed by atoms with E-state index >= 15 is 0 Å². The molecule has 1 amide bonds. The maximum absolute atomic E-state index is 13.1. The summed E-state index contributed by atoms with van der Waals surface area (Å²) < 4.78 is 0. The van der Waals surface area contributed by atoms with Crippen molar-refractivity contribution in [1.82, 2.24) is 20.4 Å². The van der Waals surface area contributed by atoms with Crippen LogP contribution in [-0.4, -0.2) is 47.1 Å². The highest BCUT2D eigenvalue weighted by atomic mass is 16.2. The molecule has 1 aromatic rings. The van der Waals surface area contributed by atoms with E-state index in [1.165, 1.54) is 19.3 Å². The molecule has 1 N–H and O–H groups in total. The molecule has 0 aromatic carbocycles. The monoisotopic (exact) mass is 341 g/mol. The summed E-state index contributed by atoms with van der Waals surface area (Å²) in [6, 6.07) is 1.84. The van der Waals surface area contributed by atoms with Crippen molar-refractivity contribution in [1.29, 1.82) is 0 Å². The van der Waals surface area contributed by atoms with E-state index in [4.69, 9.17) is 0 Å². The zero-order valence-electron chi connectivity index (χ0n) is 14.7. The number of hydrazine groups is 1. The molecule has 0 spiro atoms. The first-order valence-corrected chi connectivity index (χ1v) is 9.78. The van der Waals surface area contributed by atoms with Gasteiger partial charge in [0.05, 0.1) is 5.41 Å². The molecular weight excluding hydrogens is 314 g/mol. The Balaban J connectivity index is 1.20. The topological polar surface area (TPSA) is 61.4 Å². The largest absolute Gasteiger partial charge is 0.338 e. The van der Waals surface area contributed by atoms with Crippen LogP contribution in [0.2, 0.25) is 0 Å². The fraction of sp³-hybridized carbons (Fsp3) is 0.737. The lowest BCUT2D eigenvalue weighted by molar-refractivity contribution is -0.151. The average Bonchev–Trinajstić information content (AvgIpc) is 2.62. The van der Waals surface area contributed by atoms with Gasteiger partial charge in [0.2, 0.25) is 11.9 Å². The summed E-state index contributed by atoms with van der Waals surface area (Å²) in [5.41, 5.74) is 3.21. The molecule has 4 aliphatic carbocycles. The van der Waals surface area contributed by atoms with Crippen LogP contribution in [-0.2, 0) is 4.79 Å². The summed E-state index contributed by atoms with van der Waals surface area (Å²) in [5.74, 6) is 3.52. The van der Waals surface area contributed by atoms with Crippen LogP contribution in [0.5, 0.6) is 0 Å². The van der Waals surface area contributed by atoms with E-state index in [1.54, 1.807) is 12.4 Å². The van der Waals surface area contributed by atoms with Crippen molar-refractivity contribution in [2.24, 2.45) is 23.2 Å². The fourth-order valence-electron chi connectivity index (χ4n) is 6.12. The van der Waals surface area contributed by atoms with Crippen molar-refractivity contribution < 1.29 is 4.79 Å². The Morgan fingerprint density at radius 3 is 2.08 bits per heavy atom. The van der Waals surface area contributed by atoms with Crippen molar-refractivity contribution in [2.45, 2.75) is 38.5 Å². The van der Waals surface area contributed by atoms with Crippen LogP contribution in [0.3, 0.4) is 0 Å². The number of nitrogens with one attached hydrogen (secondary N) is 1. The summed E-state index contributed by atoms with van der Waals surface area (Å²) >= 11 is 0. The van der Waals surface area contributed by atoms with E-state index < -0.39 is 0 Å². The molecule has 5 fully saturated rings. The third-order valence-electron chi connectivity index (χ3n) is 6.89.